The second-order valence-corrected chi connectivity index (χ2v) is 7.27. The first-order valence-corrected chi connectivity index (χ1v) is 9.46. The van der Waals surface area contributed by atoms with Gasteiger partial charge in [0, 0.05) is 24.4 Å². The Morgan fingerprint density at radius 3 is 2.44 bits per heavy atom. The summed E-state index contributed by atoms with van der Waals surface area (Å²) < 4.78 is 4.99. The van der Waals surface area contributed by atoms with Gasteiger partial charge in [-0.3, -0.25) is 4.79 Å². The molecule has 6 nitrogen and oxygen atoms in total. The summed E-state index contributed by atoms with van der Waals surface area (Å²) in [6.07, 6.45) is 0.474. The number of carbonyl (C=O) groups is 2. The van der Waals surface area contributed by atoms with Crippen LogP contribution in [0.3, 0.4) is 0 Å². The van der Waals surface area contributed by atoms with Gasteiger partial charge in [-0.15, -0.1) is 0 Å². The Balaban J connectivity index is 2.30. The average Bonchev–Trinajstić information content (AvgIpc) is 2.61. The van der Waals surface area contributed by atoms with Crippen LogP contribution in [-0.2, 0) is 14.3 Å². The van der Waals surface area contributed by atoms with Gasteiger partial charge in [-0.25, -0.2) is 4.79 Å². The summed E-state index contributed by atoms with van der Waals surface area (Å²) in [5, 5.41) is 6.68. The summed E-state index contributed by atoms with van der Waals surface area (Å²) in [6.45, 7) is 8.51. The zero-order valence-electron chi connectivity index (χ0n) is 16.5. The Morgan fingerprint density at radius 2 is 1.93 bits per heavy atom. The Labute approximate surface area is 166 Å². The Hall–Kier alpha value is -2.41. The molecule has 27 heavy (non-hydrogen) atoms. The van der Waals surface area contributed by atoms with Gasteiger partial charge in [-0.1, -0.05) is 26.0 Å². The van der Waals surface area contributed by atoms with Crippen LogP contribution in [0.15, 0.2) is 35.5 Å². The number of nitrogens with one attached hydrogen (secondary N) is 2. The molecule has 0 aliphatic carbocycles. The van der Waals surface area contributed by atoms with Crippen LogP contribution < -0.4 is 10.6 Å². The van der Waals surface area contributed by atoms with Crippen molar-refractivity contribution in [3.63, 3.8) is 0 Å². The van der Waals surface area contributed by atoms with Crippen molar-refractivity contribution in [2.75, 3.05) is 19.0 Å². The maximum atomic E-state index is 12.4. The number of rotatable bonds is 6. The molecule has 1 aromatic carbocycles. The van der Waals surface area contributed by atoms with Gasteiger partial charge < -0.3 is 20.3 Å². The molecule has 1 aliphatic rings. The van der Waals surface area contributed by atoms with E-state index >= 15 is 0 Å². The van der Waals surface area contributed by atoms with Crippen LogP contribution in [0.2, 0.25) is 0 Å². The van der Waals surface area contributed by atoms with E-state index in [1.165, 1.54) is 7.11 Å². The summed E-state index contributed by atoms with van der Waals surface area (Å²) in [4.78, 5) is 26.2. The highest BCUT2D eigenvalue weighted by atomic mass is 32.1. The van der Waals surface area contributed by atoms with E-state index in [9.17, 15) is 9.59 Å². The Morgan fingerprint density at radius 1 is 1.30 bits per heavy atom. The first-order valence-electron chi connectivity index (χ1n) is 9.05. The standard InChI is InChI=1S/C20H27N3O3S/c1-6-23-13(4)17(19(25)26-5)18(22-20(23)27)14-7-9-15(10-8-14)21-16(24)11-12(2)3/h7-10,12,18H,6,11H2,1-5H3,(H,21,24)(H,22,27)/t18-/m1/s1. The highest BCUT2D eigenvalue weighted by Crippen LogP contribution is 2.31. The molecular weight excluding hydrogens is 362 g/mol. The summed E-state index contributed by atoms with van der Waals surface area (Å²) in [7, 11) is 1.37. The number of benzene rings is 1. The lowest BCUT2D eigenvalue weighted by Gasteiger charge is -2.36. The van der Waals surface area contributed by atoms with Crippen LogP contribution in [0.25, 0.3) is 0 Å². The lowest BCUT2D eigenvalue weighted by molar-refractivity contribution is -0.136. The molecule has 0 radical (unpaired) electrons. The third kappa shape index (κ3) is 4.86. The largest absolute Gasteiger partial charge is 0.466 e. The van der Waals surface area contributed by atoms with E-state index in [2.05, 4.69) is 10.6 Å². The summed E-state index contributed by atoms with van der Waals surface area (Å²) >= 11 is 5.45. The second kappa shape index (κ2) is 8.99. The summed E-state index contributed by atoms with van der Waals surface area (Å²) in [5.41, 5.74) is 2.91. The number of allylic oxidation sites excluding steroid dienone is 1. The molecule has 0 unspecified atom stereocenters. The van der Waals surface area contributed by atoms with Gasteiger partial charge in [0.15, 0.2) is 5.11 Å². The SMILES string of the molecule is CCN1C(=S)N[C@H](c2ccc(NC(=O)CC(C)C)cc2)C(C(=O)OC)=C1C. The highest BCUT2D eigenvalue weighted by molar-refractivity contribution is 7.80. The fourth-order valence-corrected chi connectivity index (χ4v) is 3.51. The number of thiocarbonyl (C=S) groups is 1. The lowest BCUT2D eigenvalue weighted by atomic mass is 9.95. The second-order valence-electron chi connectivity index (χ2n) is 6.89. The normalized spacial score (nSPS) is 17.0. The molecule has 1 heterocycles. The number of carbonyl (C=O) groups excluding carboxylic acids is 2. The van der Waals surface area contributed by atoms with Crippen molar-refractivity contribution in [1.29, 1.82) is 0 Å². The monoisotopic (exact) mass is 389 g/mol. The van der Waals surface area contributed by atoms with Gasteiger partial charge in [0.25, 0.3) is 0 Å². The van der Waals surface area contributed by atoms with E-state index in [4.69, 9.17) is 17.0 Å². The van der Waals surface area contributed by atoms with Gasteiger partial charge in [0.1, 0.15) is 0 Å². The van der Waals surface area contributed by atoms with Crippen molar-refractivity contribution in [2.24, 2.45) is 5.92 Å². The molecule has 2 N–H and O–H groups in total. The van der Waals surface area contributed by atoms with Gasteiger partial charge in [0.2, 0.25) is 5.91 Å². The number of amides is 1. The van der Waals surface area contributed by atoms with Gasteiger partial charge in [0.05, 0.1) is 18.7 Å². The van der Waals surface area contributed by atoms with E-state index in [1.807, 2.05) is 56.9 Å². The number of nitrogens with zero attached hydrogens (tertiary/aromatic N) is 1. The molecule has 0 saturated heterocycles. The molecular formula is C20H27N3O3S. The van der Waals surface area contributed by atoms with Crippen molar-refractivity contribution >= 4 is 34.9 Å². The van der Waals surface area contributed by atoms with E-state index in [1.54, 1.807) is 0 Å². The number of hydrogen-bond donors (Lipinski definition) is 2. The predicted octanol–water partition coefficient (Wildman–Crippen LogP) is 3.37. The fourth-order valence-electron chi connectivity index (χ4n) is 3.13. The number of hydrogen-bond acceptors (Lipinski definition) is 4. The van der Waals surface area contributed by atoms with Crippen molar-refractivity contribution in [1.82, 2.24) is 10.2 Å². The van der Waals surface area contributed by atoms with Crippen molar-refractivity contribution < 1.29 is 14.3 Å². The number of methoxy groups -OCH3 is 1. The van der Waals surface area contributed by atoms with E-state index in [0.717, 1.165) is 16.9 Å². The summed E-state index contributed by atoms with van der Waals surface area (Å²) in [6, 6.07) is 7.02. The molecule has 7 heteroatoms. The fraction of sp³-hybridized carbons (Fsp3) is 0.450. The van der Waals surface area contributed by atoms with E-state index in [-0.39, 0.29) is 11.9 Å². The molecule has 0 aromatic heterocycles. The molecule has 1 atom stereocenters. The average molecular weight is 390 g/mol. The van der Waals surface area contributed by atoms with Crippen LogP contribution in [0.5, 0.6) is 0 Å². The molecule has 0 saturated carbocycles. The zero-order chi connectivity index (χ0) is 20.1. The molecule has 0 spiro atoms. The molecule has 1 aliphatic heterocycles. The molecule has 2 rings (SSSR count). The van der Waals surface area contributed by atoms with Crippen molar-refractivity contribution in [2.45, 2.75) is 40.2 Å². The Kier molecular flexibility index (Phi) is 6.96. The van der Waals surface area contributed by atoms with Crippen LogP contribution in [0, 0.1) is 5.92 Å². The van der Waals surface area contributed by atoms with Crippen LogP contribution in [-0.4, -0.2) is 35.5 Å². The highest BCUT2D eigenvalue weighted by Gasteiger charge is 2.33. The molecule has 146 valence electrons. The maximum Gasteiger partial charge on any atom is 0.337 e. The third-order valence-corrected chi connectivity index (χ3v) is 4.78. The summed E-state index contributed by atoms with van der Waals surface area (Å²) in [5.74, 6) is -0.103. The van der Waals surface area contributed by atoms with Crippen molar-refractivity contribution in [3.05, 3.63) is 41.1 Å². The smallest absolute Gasteiger partial charge is 0.337 e. The van der Waals surface area contributed by atoms with Crippen LogP contribution in [0.4, 0.5) is 5.69 Å². The molecule has 1 aromatic rings. The number of esters is 1. The molecule has 0 fully saturated rings. The topological polar surface area (TPSA) is 70.7 Å². The first-order chi connectivity index (χ1) is 12.8. The maximum absolute atomic E-state index is 12.4. The van der Waals surface area contributed by atoms with Gasteiger partial charge >= 0.3 is 5.97 Å². The predicted molar refractivity (Wildman–Crippen MR) is 110 cm³/mol. The minimum atomic E-state index is -0.395. The van der Waals surface area contributed by atoms with Gasteiger partial charge in [-0.05, 0) is 49.7 Å². The molecule has 1 amide bonds. The Bertz CT molecular complexity index is 756. The zero-order valence-corrected chi connectivity index (χ0v) is 17.3. The molecule has 0 bridgehead atoms. The number of anilines is 1. The lowest BCUT2D eigenvalue weighted by Crippen LogP contribution is -2.47. The van der Waals surface area contributed by atoms with Crippen LogP contribution in [0.1, 0.15) is 45.7 Å². The minimum absolute atomic E-state index is 0.0145. The van der Waals surface area contributed by atoms with Gasteiger partial charge in [-0.2, -0.15) is 0 Å². The quantitative estimate of drug-likeness (QED) is 0.574. The van der Waals surface area contributed by atoms with E-state index in [0.29, 0.717) is 29.6 Å². The van der Waals surface area contributed by atoms with Crippen LogP contribution >= 0.6 is 12.2 Å². The first kappa shape index (κ1) is 20.9. The third-order valence-electron chi connectivity index (χ3n) is 4.44. The number of ether oxygens (including phenoxy) is 1. The minimum Gasteiger partial charge on any atom is -0.466 e. The van der Waals surface area contributed by atoms with E-state index < -0.39 is 6.04 Å². The van der Waals surface area contributed by atoms with Crippen molar-refractivity contribution in [3.8, 4) is 0 Å².